The van der Waals surface area contributed by atoms with E-state index < -0.39 is 0 Å². The minimum absolute atomic E-state index is 0.0845. The largest absolute Gasteiger partial charge is 0.467 e. The molecule has 1 amide bonds. The molecule has 1 aliphatic rings. The van der Waals surface area contributed by atoms with Gasteiger partial charge in [0.1, 0.15) is 11.8 Å². The maximum absolute atomic E-state index is 13.0. The van der Waals surface area contributed by atoms with Gasteiger partial charge in [-0.3, -0.25) is 4.79 Å². The number of aryl methyl sites for hydroxylation is 1. The summed E-state index contributed by atoms with van der Waals surface area (Å²) in [5.74, 6) is 0.890. The number of nitrogens with one attached hydrogen (secondary N) is 1. The lowest BCUT2D eigenvalue weighted by atomic mass is 10.0. The van der Waals surface area contributed by atoms with Crippen LogP contribution < -0.4 is 5.32 Å². The second-order valence-corrected chi connectivity index (χ2v) is 8.78. The van der Waals surface area contributed by atoms with Crippen LogP contribution in [0, 0.1) is 6.92 Å². The SMILES string of the molecule is CCNc1nnc(SCC(=O)N2N=C(c3ccc(C)cc3)CC2c2ccco2)s1. The molecule has 0 bridgehead atoms. The van der Waals surface area contributed by atoms with Crippen LogP contribution in [0.1, 0.15) is 36.3 Å². The number of aromatic nitrogens is 2. The van der Waals surface area contributed by atoms with Crippen LogP contribution in [-0.2, 0) is 4.79 Å². The first-order valence-electron chi connectivity index (χ1n) is 9.34. The number of hydrazone groups is 1. The number of nitrogens with zero attached hydrogens (tertiary/aromatic N) is 4. The van der Waals surface area contributed by atoms with Crippen molar-refractivity contribution in [2.75, 3.05) is 17.6 Å². The fourth-order valence-electron chi connectivity index (χ4n) is 3.04. The summed E-state index contributed by atoms with van der Waals surface area (Å²) in [5, 5.41) is 18.3. The molecule has 0 aliphatic carbocycles. The lowest BCUT2D eigenvalue weighted by Crippen LogP contribution is -2.28. The number of benzene rings is 1. The van der Waals surface area contributed by atoms with Gasteiger partial charge in [-0.25, -0.2) is 5.01 Å². The number of rotatable bonds is 7. The third-order valence-corrected chi connectivity index (χ3v) is 6.47. The second kappa shape index (κ2) is 8.79. The second-order valence-electron chi connectivity index (χ2n) is 6.58. The maximum atomic E-state index is 13.0. The Morgan fingerprint density at radius 1 is 1.31 bits per heavy atom. The summed E-state index contributed by atoms with van der Waals surface area (Å²) in [7, 11) is 0. The summed E-state index contributed by atoms with van der Waals surface area (Å²) in [6.07, 6.45) is 2.25. The monoisotopic (exact) mass is 427 g/mol. The van der Waals surface area contributed by atoms with Gasteiger partial charge < -0.3 is 9.73 Å². The number of thioether (sulfide) groups is 1. The Kier molecular flexibility index (Phi) is 5.96. The standard InChI is InChI=1S/C20H21N5O2S2/c1-3-21-19-22-23-20(29-19)28-12-18(26)25-16(17-5-4-10-27-17)11-15(24-25)14-8-6-13(2)7-9-14/h4-10,16H,3,11-12H2,1-2H3,(H,21,22). The summed E-state index contributed by atoms with van der Waals surface area (Å²) in [6.45, 7) is 4.84. The Morgan fingerprint density at radius 2 is 2.14 bits per heavy atom. The quantitative estimate of drug-likeness (QED) is 0.565. The van der Waals surface area contributed by atoms with E-state index in [9.17, 15) is 4.79 Å². The number of carbonyl (C=O) groups excluding carboxylic acids is 1. The zero-order valence-corrected chi connectivity index (χ0v) is 17.8. The number of amides is 1. The zero-order chi connectivity index (χ0) is 20.2. The topological polar surface area (TPSA) is 83.6 Å². The van der Waals surface area contributed by atoms with Crippen LogP contribution in [0.25, 0.3) is 0 Å². The summed E-state index contributed by atoms with van der Waals surface area (Å²) in [4.78, 5) is 13.0. The molecule has 1 aliphatic heterocycles. The number of anilines is 1. The molecule has 3 heterocycles. The van der Waals surface area contributed by atoms with Crippen LogP contribution in [0.3, 0.4) is 0 Å². The van der Waals surface area contributed by atoms with E-state index in [0.717, 1.165) is 33.1 Å². The van der Waals surface area contributed by atoms with Gasteiger partial charge in [-0.2, -0.15) is 5.10 Å². The van der Waals surface area contributed by atoms with E-state index in [1.807, 2.05) is 38.1 Å². The van der Waals surface area contributed by atoms with E-state index in [-0.39, 0.29) is 17.7 Å². The lowest BCUT2D eigenvalue weighted by molar-refractivity contribution is -0.130. The fourth-order valence-corrected chi connectivity index (χ4v) is 4.72. The fraction of sp³-hybridized carbons (Fsp3) is 0.300. The molecule has 0 spiro atoms. The van der Waals surface area contributed by atoms with Gasteiger partial charge in [0.2, 0.25) is 5.13 Å². The maximum Gasteiger partial charge on any atom is 0.253 e. The van der Waals surface area contributed by atoms with Crippen molar-refractivity contribution in [1.29, 1.82) is 0 Å². The van der Waals surface area contributed by atoms with Crippen molar-refractivity contribution in [2.24, 2.45) is 5.10 Å². The van der Waals surface area contributed by atoms with Crippen LogP contribution in [0.2, 0.25) is 0 Å². The van der Waals surface area contributed by atoms with Gasteiger partial charge in [0.05, 0.1) is 17.7 Å². The molecular weight excluding hydrogens is 406 g/mol. The van der Waals surface area contributed by atoms with Gasteiger partial charge in [0.25, 0.3) is 5.91 Å². The third kappa shape index (κ3) is 4.51. The molecule has 1 unspecified atom stereocenters. The highest BCUT2D eigenvalue weighted by molar-refractivity contribution is 8.01. The van der Waals surface area contributed by atoms with Crippen molar-refractivity contribution in [3.63, 3.8) is 0 Å². The van der Waals surface area contributed by atoms with Crippen LogP contribution in [-0.4, -0.2) is 39.1 Å². The molecule has 29 heavy (non-hydrogen) atoms. The summed E-state index contributed by atoms with van der Waals surface area (Å²) in [5.41, 5.74) is 3.10. The number of hydrogen-bond acceptors (Lipinski definition) is 8. The molecule has 0 saturated carbocycles. The first kappa shape index (κ1) is 19.7. The highest BCUT2D eigenvalue weighted by Gasteiger charge is 2.34. The average Bonchev–Trinajstić information content (AvgIpc) is 3.47. The Bertz CT molecular complexity index is 998. The molecule has 0 saturated heterocycles. The van der Waals surface area contributed by atoms with E-state index in [2.05, 4.69) is 32.7 Å². The van der Waals surface area contributed by atoms with Gasteiger partial charge in [-0.1, -0.05) is 52.9 Å². The van der Waals surface area contributed by atoms with Crippen LogP contribution >= 0.6 is 23.1 Å². The van der Waals surface area contributed by atoms with E-state index >= 15 is 0 Å². The van der Waals surface area contributed by atoms with Crippen molar-refractivity contribution in [2.45, 2.75) is 30.6 Å². The smallest absolute Gasteiger partial charge is 0.253 e. The predicted octanol–water partition coefficient (Wildman–Crippen LogP) is 4.34. The summed E-state index contributed by atoms with van der Waals surface area (Å²) >= 11 is 2.82. The van der Waals surface area contributed by atoms with Crippen molar-refractivity contribution in [3.05, 3.63) is 59.5 Å². The molecule has 7 nitrogen and oxygen atoms in total. The molecule has 1 N–H and O–H groups in total. The Hall–Kier alpha value is -2.65. The normalized spacial score (nSPS) is 16.1. The van der Waals surface area contributed by atoms with Crippen molar-refractivity contribution in [1.82, 2.24) is 15.2 Å². The Balaban J connectivity index is 1.50. The number of furan rings is 1. The van der Waals surface area contributed by atoms with Crippen LogP contribution in [0.5, 0.6) is 0 Å². The lowest BCUT2D eigenvalue weighted by Gasteiger charge is -2.19. The molecular formula is C20H21N5O2S2. The van der Waals surface area contributed by atoms with Gasteiger partial charge >= 0.3 is 0 Å². The van der Waals surface area contributed by atoms with E-state index in [1.54, 1.807) is 11.3 Å². The number of carbonyl (C=O) groups is 1. The minimum atomic E-state index is -0.235. The molecule has 0 radical (unpaired) electrons. The molecule has 1 atom stereocenters. The highest BCUT2D eigenvalue weighted by Crippen LogP contribution is 2.34. The van der Waals surface area contributed by atoms with E-state index in [4.69, 9.17) is 4.42 Å². The molecule has 0 fully saturated rings. The summed E-state index contributed by atoms with van der Waals surface area (Å²) in [6, 6.07) is 11.7. The van der Waals surface area contributed by atoms with Gasteiger partial charge in [-0.15, -0.1) is 10.2 Å². The predicted molar refractivity (Wildman–Crippen MR) is 115 cm³/mol. The van der Waals surface area contributed by atoms with Crippen molar-refractivity contribution in [3.8, 4) is 0 Å². The van der Waals surface area contributed by atoms with Crippen LogP contribution in [0.15, 0.2) is 56.5 Å². The Morgan fingerprint density at radius 3 is 2.86 bits per heavy atom. The van der Waals surface area contributed by atoms with Crippen molar-refractivity contribution >= 4 is 39.8 Å². The van der Waals surface area contributed by atoms with Crippen molar-refractivity contribution < 1.29 is 9.21 Å². The van der Waals surface area contributed by atoms with E-state index in [0.29, 0.717) is 6.42 Å². The molecule has 150 valence electrons. The molecule has 9 heteroatoms. The minimum Gasteiger partial charge on any atom is -0.467 e. The summed E-state index contributed by atoms with van der Waals surface area (Å²) < 4.78 is 6.35. The molecule has 3 aromatic rings. The van der Waals surface area contributed by atoms with Gasteiger partial charge in [0, 0.05) is 13.0 Å². The third-order valence-electron chi connectivity index (χ3n) is 4.48. The average molecular weight is 428 g/mol. The first-order valence-corrected chi connectivity index (χ1v) is 11.1. The molecule has 1 aromatic carbocycles. The highest BCUT2D eigenvalue weighted by atomic mass is 32.2. The van der Waals surface area contributed by atoms with Gasteiger partial charge in [0.15, 0.2) is 4.34 Å². The first-order chi connectivity index (χ1) is 14.1. The van der Waals surface area contributed by atoms with E-state index in [1.165, 1.54) is 28.7 Å². The zero-order valence-electron chi connectivity index (χ0n) is 16.2. The van der Waals surface area contributed by atoms with Gasteiger partial charge in [-0.05, 0) is 31.5 Å². The molecule has 2 aromatic heterocycles. The number of hydrogen-bond donors (Lipinski definition) is 1. The Labute approximate surface area is 177 Å². The van der Waals surface area contributed by atoms with Crippen LogP contribution in [0.4, 0.5) is 5.13 Å². The molecule has 4 rings (SSSR count).